The molecule has 13 heavy (non-hydrogen) atoms. The lowest BCUT2D eigenvalue weighted by Gasteiger charge is -2.11. The standard InChI is InChI=1S/C8H8Br2O3/c1-12-7-4(9)3-5(10)8(13-2)6(7)11/h3,11H,1-2H3. The Balaban J connectivity index is 3.39. The van der Waals surface area contributed by atoms with Crippen LogP contribution in [-0.2, 0) is 0 Å². The Morgan fingerprint density at radius 2 is 1.46 bits per heavy atom. The van der Waals surface area contributed by atoms with Crippen LogP contribution in [0, 0.1) is 0 Å². The normalized spacial score (nSPS) is 9.85. The molecule has 0 radical (unpaired) electrons. The molecular formula is C8H8Br2O3. The first-order chi connectivity index (χ1) is 6.11. The smallest absolute Gasteiger partial charge is 0.203 e. The molecular weight excluding hydrogens is 304 g/mol. The molecule has 1 N–H and O–H groups in total. The zero-order valence-corrected chi connectivity index (χ0v) is 10.3. The van der Waals surface area contributed by atoms with E-state index in [1.165, 1.54) is 14.2 Å². The van der Waals surface area contributed by atoms with E-state index in [1.54, 1.807) is 6.07 Å². The molecule has 72 valence electrons. The molecule has 3 nitrogen and oxygen atoms in total. The monoisotopic (exact) mass is 310 g/mol. The summed E-state index contributed by atoms with van der Waals surface area (Å²) in [7, 11) is 2.96. The van der Waals surface area contributed by atoms with Gasteiger partial charge in [-0.1, -0.05) is 0 Å². The fourth-order valence-electron chi connectivity index (χ4n) is 0.960. The van der Waals surface area contributed by atoms with Crippen molar-refractivity contribution >= 4 is 31.9 Å². The number of methoxy groups -OCH3 is 2. The molecule has 0 aromatic heterocycles. The van der Waals surface area contributed by atoms with E-state index >= 15 is 0 Å². The SMILES string of the molecule is COc1c(Br)cc(Br)c(OC)c1O. The highest BCUT2D eigenvalue weighted by Gasteiger charge is 2.16. The summed E-state index contributed by atoms with van der Waals surface area (Å²) in [4.78, 5) is 0. The largest absolute Gasteiger partial charge is 0.502 e. The van der Waals surface area contributed by atoms with Gasteiger partial charge in [-0.2, -0.15) is 0 Å². The molecule has 0 heterocycles. The lowest BCUT2D eigenvalue weighted by atomic mass is 10.3. The van der Waals surface area contributed by atoms with Gasteiger partial charge in [-0.25, -0.2) is 0 Å². The summed E-state index contributed by atoms with van der Waals surface area (Å²) in [6.07, 6.45) is 0. The van der Waals surface area contributed by atoms with Gasteiger partial charge >= 0.3 is 0 Å². The van der Waals surface area contributed by atoms with Crippen LogP contribution in [0.5, 0.6) is 17.2 Å². The number of phenolic OH excluding ortho intramolecular Hbond substituents is 1. The van der Waals surface area contributed by atoms with E-state index in [-0.39, 0.29) is 5.75 Å². The average Bonchev–Trinajstić information content (AvgIpc) is 2.04. The van der Waals surface area contributed by atoms with Crippen LogP contribution in [-0.4, -0.2) is 19.3 Å². The van der Waals surface area contributed by atoms with Crippen molar-refractivity contribution in [3.63, 3.8) is 0 Å². The predicted molar refractivity (Wildman–Crippen MR) is 56.6 cm³/mol. The molecule has 0 atom stereocenters. The summed E-state index contributed by atoms with van der Waals surface area (Å²) in [5.74, 6) is 0.700. The summed E-state index contributed by atoms with van der Waals surface area (Å²) >= 11 is 6.50. The summed E-state index contributed by atoms with van der Waals surface area (Å²) in [5, 5.41) is 9.64. The van der Waals surface area contributed by atoms with Gasteiger partial charge in [-0.3, -0.25) is 0 Å². The minimum absolute atomic E-state index is 0.0220. The van der Waals surface area contributed by atoms with Crippen molar-refractivity contribution in [3.8, 4) is 17.2 Å². The van der Waals surface area contributed by atoms with Crippen molar-refractivity contribution in [3.05, 3.63) is 15.0 Å². The Labute approximate surface area is 92.9 Å². The number of hydrogen-bond donors (Lipinski definition) is 1. The molecule has 0 saturated carbocycles. The first-order valence-electron chi connectivity index (χ1n) is 3.40. The van der Waals surface area contributed by atoms with Gasteiger partial charge in [-0.15, -0.1) is 0 Å². The van der Waals surface area contributed by atoms with Crippen LogP contribution in [0.2, 0.25) is 0 Å². The van der Waals surface area contributed by atoms with Gasteiger partial charge in [0.25, 0.3) is 0 Å². The van der Waals surface area contributed by atoms with Crippen molar-refractivity contribution in [2.75, 3.05) is 14.2 Å². The van der Waals surface area contributed by atoms with Crippen molar-refractivity contribution in [1.29, 1.82) is 0 Å². The van der Waals surface area contributed by atoms with Crippen LogP contribution in [0.3, 0.4) is 0 Å². The van der Waals surface area contributed by atoms with Crippen LogP contribution in [0.1, 0.15) is 0 Å². The number of phenols is 1. The van der Waals surface area contributed by atoms with E-state index in [1.807, 2.05) is 0 Å². The van der Waals surface area contributed by atoms with Gasteiger partial charge in [0, 0.05) is 0 Å². The molecule has 0 saturated heterocycles. The maximum absolute atomic E-state index is 9.64. The molecule has 1 rings (SSSR count). The fourth-order valence-corrected chi connectivity index (χ4v) is 2.42. The lowest BCUT2D eigenvalue weighted by molar-refractivity contribution is 0.337. The maximum Gasteiger partial charge on any atom is 0.203 e. The van der Waals surface area contributed by atoms with Crippen LogP contribution in [0.25, 0.3) is 0 Å². The van der Waals surface area contributed by atoms with E-state index in [0.29, 0.717) is 20.4 Å². The van der Waals surface area contributed by atoms with Gasteiger partial charge in [0.2, 0.25) is 5.75 Å². The maximum atomic E-state index is 9.64. The number of rotatable bonds is 2. The van der Waals surface area contributed by atoms with E-state index in [9.17, 15) is 5.11 Å². The minimum Gasteiger partial charge on any atom is -0.502 e. The van der Waals surface area contributed by atoms with Gasteiger partial charge in [0.1, 0.15) is 0 Å². The molecule has 1 aromatic rings. The van der Waals surface area contributed by atoms with E-state index in [4.69, 9.17) is 9.47 Å². The number of ether oxygens (including phenoxy) is 2. The number of aromatic hydroxyl groups is 1. The summed E-state index contributed by atoms with van der Waals surface area (Å²) in [6, 6.07) is 1.75. The molecule has 0 spiro atoms. The number of hydrogen-bond acceptors (Lipinski definition) is 3. The zero-order valence-electron chi connectivity index (χ0n) is 7.10. The third-order valence-corrected chi connectivity index (χ3v) is 2.70. The molecule has 0 aliphatic carbocycles. The quantitative estimate of drug-likeness (QED) is 0.912. The molecule has 0 unspecified atom stereocenters. The number of halogens is 2. The molecule has 1 aromatic carbocycles. The number of benzene rings is 1. The van der Waals surface area contributed by atoms with Crippen molar-refractivity contribution in [2.45, 2.75) is 0 Å². The first kappa shape index (κ1) is 10.7. The highest BCUT2D eigenvalue weighted by molar-refractivity contribution is 9.11. The Morgan fingerprint density at radius 3 is 1.77 bits per heavy atom. The minimum atomic E-state index is -0.0220. The predicted octanol–water partition coefficient (Wildman–Crippen LogP) is 2.93. The van der Waals surface area contributed by atoms with Crippen molar-refractivity contribution < 1.29 is 14.6 Å². The summed E-state index contributed by atoms with van der Waals surface area (Å²) in [5.41, 5.74) is 0. The van der Waals surface area contributed by atoms with Crippen LogP contribution in [0.15, 0.2) is 15.0 Å². The van der Waals surface area contributed by atoms with Crippen LogP contribution < -0.4 is 9.47 Å². The van der Waals surface area contributed by atoms with E-state index < -0.39 is 0 Å². The second-order valence-corrected chi connectivity index (χ2v) is 3.96. The second kappa shape index (κ2) is 4.19. The summed E-state index contributed by atoms with van der Waals surface area (Å²) in [6.45, 7) is 0. The highest BCUT2D eigenvalue weighted by Crippen LogP contribution is 2.46. The van der Waals surface area contributed by atoms with Gasteiger partial charge in [-0.05, 0) is 37.9 Å². The van der Waals surface area contributed by atoms with Gasteiger partial charge in [0.15, 0.2) is 11.5 Å². The van der Waals surface area contributed by atoms with Crippen LogP contribution in [0.4, 0.5) is 0 Å². The molecule has 5 heteroatoms. The van der Waals surface area contributed by atoms with E-state index in [0.717, 1.165) is 0 Å². The molecule has 0 aliphatic heterocycles. The Bertz CT molecular complexity index is 297. The molecule has 0 fully saturated rings. The second-order valence-electron chi connectivity index (χ2n) is 2.26. The van der Waals surface area contributed by atoms with Gasteiger partial charge in [0.05, 0.1) is 23.2 Å². The summed E-state index contributed by atoms with van der Waals surface area (Å²) < 4.78 is 11.3. The van der Waals surface area contributed by atoms with Crippen molar-refractivity contribution in [1.82, 2.24) is 0 Å². The van der Waals surface area contributed by atoms with Crippen molar-refractivity contribution in [2.24, 2.45) is 0 Å². The van der Waals surface area contributed by atoms with Gasteiger partial charge < -0.3 is 14.6 Å². The highest BCUT2D eigenvalue weighted by atomic mass is 79.9. The lowest BCUT2D eigenvalue weighted by Crippen LogP contribution is -1.90. The topological polar surface area (TPSA) is 38.7 Å². The third-order valence-electron chi connectivity index (χ3n) is 1.53. The first-order valence-corrected chi connectivity index (χ1v) is 4.99. The molecule has 0 bridgehead atoms. The van der Waals surface area contributed by atoms with E-state index in [2.05, 4.69) is 31.9 Å². The van der Waals surface area contributed by atoms with Crippen LogP contribution >= 0.6 is 31.9 Å². The molecule has 0 amide bonds. The zero-order chi connectivity index (χ0) is 10.0. The molecule has 0 aliphatic rings. The Kier molecular flexibility index (Phi) is 3.44. The Hall–Kier alpha value is -0.420. The average molecular weight is 312 g/mol. The fraction of sp³-hybridized carbons (Fsp3) is 0.250. The Morgan fingerprint density at radius 1 is 1.08 bits per heavy atom. The third kappa shape index (κ3) is 1.91.